The topological polar surface area (TPSA) is 0 Å². The highest BCUT2D eigenvalue weighted by atomic mass is 79.9. The van der Waals surface area contributed by atoms with Crippen molar-refractivity contribution in [3.05, 3.63) is 55.7 Å². The van der Waals surface area contributed by atoms with Crippen molar-refractivity contribution in [2.24, 2.45) is 0 Å². The average Bonchev–Trinajstić information content (AvgIpc) is 2.58. The Morgan fingerprint density at radius 2 is 2.06 bits per heavy atom. The molecular formula is C13H11BrCl2S. The Bertz CT molecular complexity index is 522. The zero-order valence-corrected chi connectivity index (χ0v) is 13.1. The summed E-state index contributed by atoms with van der Waals surface area (Å²) >= 11 is 17.2. The zero-order valence-electron chi connectivity index (χ0n) is 9.21. The lowest BCUT2D eigenvalue weighted by Gasteiger charge is -2.09. The van der Waals surface area contributed by atoms with Crippen LogP contribution >= 0.6 is 50.5 Å². The van der Waals surface area contributed by atoms with Crippen molar-refractivity contribution in [2.45, 2.75) is 18.2 Å². The van der Waals surface area contributed by atoms with Crippen LogP contribution in [-0.4, -0.2) is 0 Å². The summed E-state index contributed by atoms with van der Waals surface area (Å²) in [5.41, 5.74) is 3.64. The van der Waals surface area contributed by atoms with Crippen LogP contribution in [0.4, 0.5) is 0 Å². The summed E-state index contributed by atoms with van der Waals surface area (Å²) < 4.78 is 1.50. The van der Waals surface area contributed by atoms with Crippen molar-refractivity contribution < 1.29 is 0 Å². The van der Waals surface area contributed by atoms with E-state index in [-0.39, 0.29) is 4.83 Å². The van der Waals surface area contributed by atoms with E-state index in [2.05, 4.69) is 47.1 Å². The third-order valence-electron chi connectivity index (χ3n) is 2.52. The molecule has 17 heavy (non-hydrogen) atoms. The van der Waals surface area contributed by atoms with Crippen molar-refractivity contribution in [1.82, 2.24) is 0 Å². The summed E-state index contributed by atoms with van der Waals surface area (Å²) in [6.45, 7) is 2.10. The van der Waals surface area contributed by atoms with Crippen LogP contribution in [0, 0.1) is 6.92 Å². The monoisotopic (exact) mass is 348 g/mol. The van der Waals surface area contributed by atoms with E-state index < -0.39 is 0 Å². The Balaban J connectivity index is 2.16. The van der Waals surface area contributed by atoms with E-state index in [1.165, 1.54) is 22.5 Å². The fraction of sp³-hybridized carbons (Fsp3) is 0.231. The van der Waals surface area contributed by atoms with Gasteiger partial charge in [-0.15, -0.1) is 11.3 Å². The van der Waals surface area contributed by atoms with Gasteiger partial charge >= 0.3 is 0 Å². The normalized spacial score (nSPS) is 12.7. The van der Waals surface area contributed by atoms with Crippen molar-refractivity contribution in [3.8, 4) is 0 Å². The lowest BCUT2D eigenvalue weighted by atomic mass is 10.0. The second kappa shape index (κ2) is 5.75. The van der Waals surface area contributed by atoms with E-state index in [0.29, 0.717) is 0 Å². The van der Waals surface area contributed by atoms with Crippen molar-refractivity contribution in [3.63, 3.8) is 0 Å². The molecule has 0 aliphatic rings. The zero-order chi connectivity index (χ0) is 12.4. The van der Waals surface area contributed by atoms with Gasteiger partial charge < -0.3 is 0 Å². The Hall–Kier alpha value is -0.0200. The van der Waals surface area contributed by atoms with Crippen LogP contribution in [-0.2, 0) is 6.42 Å². The number of hydrogen-bond donors (Lipinski definition) is 0. The van der Waals surface area contributed by atoms with E-state index >= 15 is 0 Å². The lowest BCUT2D eigenvalue weighted by molar-refractivity contribution is 0.952. The van der Waals surface area contributed by atoms with E-state index in [0.717, 1.165) is 20.7 Å². The molecule has 4 heteroatoms. The van der Waals surface area contributed by atoms with E-state index in [1.54, 1.807) is 0 Å². The smallest absolute Gasteiger partial charge is 0.0987 e. The lowest BCUT2D eigenvalue weighted by Crippen LogP contribution is -1.94. The highest BCUT2D eigenvalue weighted by molar-refractivity contribution is 9.09. The number of alkyl halides is 1. The van der Waals surface area contributed by atoms with Gasteiger partial charge in [-0.2, -0.15) is 0 Å². The maximum Gasteiger partial charge on any atom is 0.0987 e. The molecule has 0 spiro atoms. The Morgan fingerprint density at radius 1 is 1.29 bits per heavy atom. The van der Waals surface area contributed by atoms with Crippen LogP contribution in [0.5, 0.6) is 0 Å². The fourth-order valence-electron chi connectivity index (χ4n) is 1.72. The summed E-state index contributed by atoms with van der Waals surface area (Å²) in [5.74, 6) is 0. The molecule has 0 saturated carbocycles. The van der Waals surface area contributed by atoms with Crippen LogP contribution in [0.1, 0.15) is 21.5 Å². The van der Waals surface area contributed by atoms with E-state index in [1.807, 2.05) is 6.07 Å². The minimum absolute atomic E-state index is 0.209. The largest absolute Gasteiger partial charge is 0.111 e. The number of rotatable bonds is 3. The minimum Gasteiger partial charge on any atom is -0.111 e. The van der Waals surface area contributed by atoms with Crippen LogP contribution in [0.2, 0.25) is 8.67 Å². The van der Waals surface area contributed by atoms with Gasteiger partial charge in [-0.25, -0.2) is 0 Å². The molecule has 0 aliphatic carbocycles. The molecule has 0 radical (unpaired) electrons. The van der Waals surface area contributed by atoms with Gasteiger partial charge in [-0.3, -0.25) is 0 Å². The molecule has 1 heterocycles. The molecule has 90 valence electrons. The predicted molar refractivity (Wildman–Crippen MR) is 80.9 cm³/mol. The standard InChI is InChI=1S/C13H11BrCl2S/c1-8-3-2-4-9(5-8)6-11(14)10-7-12(15)17-13(10)16/h2-5,7,11H,6H2,1H3. The first-order chi connectivity index (χ1) is 8.06. The Kier molecular flexibility index (Phi) is 4.53. The van der Waals surface area contributed by atoms with Gasteiger partial charge in [0, 0.05) is 4.83 Å². The van der Waals surface area contributed by atoms with Gasteiger partial charge in [0.15, 0.2) is 0 Å². The molecule has 0 aliphatic heterocycles. The first-order valence-corrected chi connectivity index (χ1v) is 7.69. The van der Waals surface area contributed by atoms with Crippen molar-refractivity contribution in [2.75, 3.05) is 0 Å². The third-order valence-corrected chi connectivity index (χ3v) is 4.85. The molecule has 2 rings (SSSR count). The second-order valence-corrected chi connectivity index (χ2v) is 7.33. The highest BCUT2D eigenvalue weighted by Gasteiger charge is 2.15. The van der Waals surface area contributed by atoms with E-state index in [9.17, 15) is 0 Å². The van der Waals surface area contributed by atoms with Gasteiger partial charge in [0.2, 0.25) is 0 Å². The fourth-order valence-corrected chi connectivity index (χ4v) is 4.32. The highest BCUT2D eigenvalue weighted by Crippen LogP contribution is 2.39. The summed E-state index contributed by atoms with van der Waals surface area (Å²) in [7, 11) is 0. The van der Waals surface area contributed by atoms with Crippen LogP contribution < -0.4 is 0 Å². The molecule has 0 amide bonds. The molecule has 1 aromatic carbocycles. The van der Waals surface area contributed by atoms with E-state index in [4.69, 9.17) is 23.2 Å². The summed E-state index contributed by atoms with van der Waals surface area (Å²) in [5, 5.41) is 0. The first kappa shape index (κ1) is 13.4. The SMILES string of the molecule is Cc1cccc(CC(Br)c2cc(Cl)sc2Cl)c1. The summed E-state index contributed by atoms with van der Waals surface area (Å²) in [6, 6.07) is 10.4. The molecule has 2 aromatic rings. The molecule has 0 saturated heterocycles. The van der Waals surface area contributed by atoms with Gasteiger partial charge in [0.05, 0.1) is 8.67 Å². The Morgan fingerprint density at radius 3 is 2.65 bits per heavy atom. The number of benzene rings is 1. The maximum atomic E-state index is 6.14. The molecule has 0 bridgehead atoms. The number of thiophene rings is 1. The molecular weight excluding hydrogens is 339 g/mol. The predicted octanol–water partition coefficient (Wildman–Crippen LogP) is 6.04. The summed E-state index contributed by atoms with van der Waals surface area (Å²) in [6.07, 6.45) is 0.911. The molecule has 0 nitrogen and oxygen atoms in total. The van der Waals surface area contributed by atoms with Crippen LogP contribution in [0.15, 0.2) is 30.3 Å². The molecule has 1 atom stereocenters. The number of hydrogen-bond acceptors (Lipinski definition) is 1. The van der Waals surface area contributed by atoms with Crippen LogP contribution in [0.3, 0.4) is 0 Å². The van der Waals surface area contributed by atoms with Gasteiger partial charge in [0.25, 0.3) is 0 Å². The van der Waals surface area contributed by atoms with Gasteiger partial charge in [0.1, 0.15) is 0 Å². The molecule has 0 fully saturated rings. The van der Waals surface area contributed by atoms with Crippen molar-refractivity contribution >= 4 is 50.5 Å². The molecule has 0 N–H and O–H groups in total. The van der Waals surface area contributed by atoms with Gasteiger partial charge in [-0.1, -0.05) is 69.0 Å². The average molecular weight is 350 g/mol. The quantitative estimate of drug-likeness (QED) is 0.592. The van der Waals surface area contributed by atoms with Gasteiger partial charge in [-0.05, 0) is 30.5 Å². The number of halogens is 3. The minimum atomic E-state index is 0.209. The molecule has 1 aromatic heterocycles. The van der Waals surface area contributed by atoms with Crippen LogP contribution in [0.25, 0.3) is 0 Å². The number of aryl methyl sites for hydroxylation is 1. The van der Waals surface area contributed by atoms with Crippen molar-refractivity contribution in [1.29, 1.82) is 0 Å². The first-order valence-electron chi connectivity index (χ1n) is 5.20. The molecule has 1 unspecified atom stereocenters. The summed E-state index contributed by atoms with van der Waals surface area (Å²) in [4.78, 5) is 0.209. The second-order valence-electron chi connectivity index (χ2n) is 3.94. The third kappa shape index (κ3) is 3.47. The maximum absolute atomic E-state index is 6.14. The Labute approximate surface area is 124 Å².